The summed E-state index contributed by atoms with van der Waals surface area (Å²) in [6.45, 7) is 0.630. The van der Waals surface area contributed by atoms with Gasteiger partial charge in [0.25, 0.3) is 5.91 Å². The topological polar surface area (TPSA) is 89.3 Å². The van der Waals surface area contributed by atoms with E-state index in [0.717, 1.165) is 34.9 Å². The van der Waals surface area contributed by atoms with E-state index in [1.165, 1.54) is 23.0 Å². The van der Waals surface area contributed by atoms with Gasteiger partial charge in [0.15, 0.2) is 0 Å². The van der Waals surface area contributed by atoms with Crippen molar-refractivity contribution in [2.24, 2.45) is 0 Å². The Balaban J connectivity index is 1.49. The Hall–Kier alpha value is -3.57. The first-order valence-electron chi connectivity index (χ1n) is 10.1. The highest BCUT2D eigenvalue weighted by Gasteiger charge is 2.30. The van der Waals surface area contributed by atoms with Crippen LogP contribution in [0.4, 0.5) is 18.9 Å². The largest absolute Gasteiger partial charge is 0.506 e. The first kappa shape index (κ1) is 23.6. The number of phenolic OH excluding ortho intramolecular Hbond substituents is 1. The molecule has 1 heterocycles. The molecule has 7 nitrogen and oxygen atoms in total. The van der Waals surface area contributed by atoms with Gasteiger partial charge in [0.1, 0.15) is 22.5 Å². The zero-order valence-electron chi connectivity index (χ0n) is 17.8. The molecule has 0 aliphatic heterocycles. The van der Waals surface area contributed by atoms with Gasteiger partial charge in [0, 0.05) is 35.1 Å². The summed E-state index contributed by atoms with van der Waals surface area (Å²) in [5.74, 6) is 0.0129. The molecule has 1 amide bonds. The van der Waals surface area contributed by atoms with E-state index < -0.39 is 17.6 Å². The van der Waals surface area contributed by atoms with Gasteiger partial charge in [-0.2, -0.15) is 13.2 Å². The van der Waals surface area contributed by atoms with Crippen molar-refractivity contribution in [3.63, 3.8) is 0 Å². The van der Waals surface area contributed by atoms with Crippen molar-refractivity contribution in [1.29, 1.82) is 0 Å². The lowest BCUT2D eigenvalue weighted by Crippen LogP contribution is -2.13. The van der Waals surface area contributed by atoms with Gasteiger partial charge in [-0.15, -0.1) is 26.8 Å². The molecular weight excluding hydrogens is 469 g/mol. The Bertz CT molecular complexity index is 1320. The molecule has 0 aliphatic rings. The average Bonchev–Trinajstić information content (AvgIpc) is 3.22. The minimum Gasteiger partial charge on any atom is -0.506 e. The third-order valence-electron chi connectivity index (χ3n) is 4.83. The number of carbonyl (C=O) groups is 1. The number of hydrogen-bond donors (Lipinski definition) is 2. The van der Waals surface area contributed by atoms with Crippen LogP contribution in [0.15, 0.2) is 65.6 Å². The minimum atomic E-state index is -4.48. The van der Waals surface area contributed by atoms with Gasteiger partial charge in [-0.1, -0.05) is 0 Å². The number of carbonyl (C=O) groups excluding carboxylic acids is 1. The number of aromatic hydroxyl groups is 1. The fraction of sp³-hybridized carbons (Fsp3) is 0.174. The van der Waals surface area contributed by atoms with Gasteiger partial charge in [-0.3, -0.25) is 4.79 Å². The van der Waals surface area contributed by atoms with Crippen LogP contribution in [-0.4, -0.2) is 45.5 Å². The number of anilines is 1. The van der Waals surface area contributed by atoms with Gasteiger partial charge >= 0.3 is 6.18 Å². The number of nitrogens with zero attached hydrogens (tertiary/aromatic N) is 3. The van der Waals surface area contributed by atoms with Crippen LogP contribution in [0.1, 0.15) is 15.9 Å². The number of aromatic nitrogens is 3. The van der Waals surface area contributed by atoms with E-state index in [4.69, 9.17) is 4.74 Å². The van der Waals surface area contributed by atoms with E-state index in [1.54, 1.807) is 18.9 Å². The molecule has 176 valence electrons. The molecule has 4 aromatic rings. The second-order valence-corrected chi connectivity index (χ2v) is 8.38. The Morgan fingerprint density at radius 1 is 1.06 bits per heavy atom. The van der Waals surface area contributed by atoms with Gasteiger partial charge in [-0.25, -0.2) is 0 Å². The van der Waals surface area contributed by atoms with Crippen molar-refractivity contribution in [3.05, 3.63) is 71.8 Å². The minimum absolute atomic E-state index is 0.0516. The van der Waals surface area contributed by atoms with E-state index in [2.05, 4.69) is 15.5 Å². The zero-order valence-corrected chi connectivity index (χ0v) is 18.7. The van der Waals surface area contributed by atoms with Crippen LogP contribution in [0.5, 0.6) is 5.75 Å². The molecule has 0 spiro atoms. The van der Waals surface area contributed by atoms with Crippen molar-refractivity contribution in [2.75, 3.05) is 24.8 Å². The molecule has 4 rings (SSSR count). The number of fused-ring (bicyclic) bond motifs is 1. The Morgan fingerprint density at radius 3 is 2.47 bits per heavy atom. The third-order valence-corrected chi connectivity index (χ3v) is 5.79. The summed E-state index contributed by atoms with van der Waals surface area (Å²) in [6, 6.07) is 13.9. The molecule has 0 fully saturated rings. The number of halogens is 3. The summed E-state index contributed by atoms with van der Waals surface area (Å²) in [7, 11) is 1.65. The van der Waals surface area contributed by atoms with Crippen LogP contribution in [0.25, 0.3) is 16.7 Å². The van der Waals surface area contributed by atoms with Crippen LogP contribution in [-0.2, 0) is 10.9 Å². The number of benzene rings is 3. The maximum atomic E-state index is 12.7. The Morgan fingerprint density at radius 2 is 1.79 bits per heavy atom. The highest BCUT2D eigenvalue weighted by atomic mass is 32.2. The van der Waals surface area contributed by atoms with E-state index >= 15 is 0 Å². The fourth-order valence-corrected chi connectivity index (χ4v) is 3.96. The number of alkyl halides is 3. The lowest BCUT2D eigenvalue weighted by molar-refractivity contribution is -0.137. The second kappa shape index (κ2) is 9.74. The lowest BCUT2D eigenvalue weighted by Gasteiger charge is -2.10. The first-order chi connectivity index (χ1) is 16.2. The molecular formula is C23H19F3N4O3S. The molecule has 0 unspecified atom stereocenters. The van der Waals surface area contributed by atoms with Crippen LogP contribution < -0.4 is 5.32 Å². The fourth-order valence-electron chi connectivity index (χ4n) is 3.12. The lowest BCUT2D eigenvalue weighted by atomic mass is 10.1. The number of nitrogens with one attached hydrogen (secondary N) is 1. The third kappa shape index (κ3) is 5.32. The number of ether oxygens (including phenoxy) is 1. The molecule has 0 saturated carbocycles. The standard InChI is InChI=1S/C23H19F3N4O3S/c1-33-10-11-34-17-7-8-18-19(13-17)29-30(28-18)20-9-6-16(12-21(20)31)27-22(32)14-2-4-15(5-3-14)23(24,25)26/h2-9,12-13,31H,10-11H2,1H3,(H,27,32). The molecule has 0 aliphatic carbocycles. The van der Waals surface area contributed by atoms with Gasteiger partial charge < -0.3 is 15.2 Å². The van der Waals surface area contributed by atoms with Crippen molar-refractivity contribution in [2.45, 2.75) is 11.1 Å². The monoisotopic (exact) mass is 488 g/mol. The second-order valence-electron chi connectivity index (χ2n) is 7.21. The zero-order chi connectivity index (χ0) is 24.3. The molecule has 3 aromatic carbocycles. The van der Waals surface area contributed by atoms with E-state index in [1.807, 2.05) is 18.2 Å². The molecule has 1 aromatic heterocycles. The summed E-state index contributed by atoms with van der Waals surface area (Å²) in [4.78, 5) is 14.7. The predicted octanol–water partition coefficient (Wildman–Crippen LogP) is 5.14. The normalized spacial score (nSPS) is 11.6. The maximum Gasteiger partial charge on any atom is 0.416 e. The summed E-state index contributed by atoms with van der Waals surface area (Å²) in [6.07, 6.45) is -4.48. The van der Waals surface area contributed by atoms with Gasteiger partial charge in [-0.05, 0) is 54.6 Å². The first-order valence-corrected chi connectivity index (χ1v) is 11.0. The number of thioether (sulfide) groups is 1. The number of methoxy groups -OCH3 is 1. The molecule has 11 heteroatoms. The SMILES string of the molecule is COCCSc1ccc2nn(-c3ccc(NC(=O)c4ccc(C(F)(F)F)cc4)cc3O)nc2c1. The molecule has 34 heavy (non-hydrogen) atoms. The predicted molar refractivity (Wildman–Crippen MR) is 123 cm³/mol. The molecule has 0 radical (unpaired) electrons. The van der Waals surface area contributed by atoms with Crippen molar-refractivity contribution >= 4 is 34.4 Å². The average molecular weight is 488 g/mol. The van der Waals surface area contributed by atoms with E-state index in [-0.39, 0.29) is 17.0 Å². The summed E-state index contributed by atoms with van der Waals surface area (Å²) in [5, 5.41) is 21.8. The Labute approximate surface area is 196 Å². The molecule has 0 bridgehead atoms. The smallest absolute Gasteiger partial charge is 0.416 e. The summed E-state index contributed by atoms with van der Waals surface area (Å²) < 4.78 is 43.1. The molecule has 2 N–H and O–H groups in total. The quantitative estimate of drug-likeness (QED) is 0.277. The summed E-state index contributed by atoms with van der Waals surface area (Å²) >= 11 is 1.63. The Kier molecular flexibility index (Phi) is 6.75. The van der Waals surface area contributed by atoms with Crippen molar-refractivity contribution in [1.82, 2.24) is 15.0 Å². The molecule has 0 atom stereocenters. The van der Waals surface area contributed by atoms with Gasteiger partial charge in [0.2, 0.25) is 0 Å². The number of phenols is 1. The van der Waals surface area contributed by atoms with Crippen LogP contribution in [0.3, 0.4) is 0 Å². The highest BCUT2D eigenvalue weighted by molar-refractivity contribution is 7.99. The summed E-state index contributed by atoms with van der Waals surface area (Å²) in [5.41, 5.74) is 1.08. The molecule has 0 saturated heterocycles. The van der Waals surface area contributed by atoms with Gasteiger partial charge in [0.05, 0.1) is 12.2 Å². The maximum absolute atomic E-state index is 12.7. The highest BCUT2D eigenvalue weighted by Crippen LogP contribution is 2.30. The van der Waals surface area contributed by atoms with Crippen molar-refractivity contribution < 1.29 is 27.8 Å². The van der Waals surface area contributed by atoms with Crippen LogP contribution in [0.2, 0.25) is 0 Å². The number of amides is 1. The van der Waals surface area contributed by atoms with Crippen molar-refractivity contribution in [3.8, 4) is 11.4 Å². The van der Waals surface area contributed by atoms with Crippen LogP contribution >= 0.6 is 11.8 Å². The van der Waals surface area contributed by atoms with E-state index in [9.17, 15) is 23.1 Å². The number of rotatable bonds is 7. The number of hydrogen-bond acceptors (Lipinski definition) is 6. The van der Waals surface area contributed by atoms with Crippen LogP contribution in [0, 0.1) is 0 Å². The van der Waals surface area contributed by atoms with E-state index in [0.29, 0.717) is 23.3 Å².